The van der Waals surface area contributed by atoms with E-state index in [1.165, 1.54) is 18.2 Å². The first-order valence-corrected chi connectivity index (χ1v) is 7.59. The molecule has 0 fully saturated rings. The molecule has 0 spiro atoms. The molecule has 0 unspecified atom stereocenters. The SMILES string of the molecule is Cn1ccnc1CCNS(=O)(=O)c1ccccc1[N+](=O)[O-]. The minimum atomic E-state index is -3.93. The topological polar surface area (TPSA) is 107 Å². The summed E-state index contributed by atoms with van der Waals surface area (Å²) in [6.45, 7) is 0.110. The predicted octanol–water partition coefficient (Wildman–Crippen LogP) is 0.849. The molecular formula is C12H14N4O4S. The Bertz CT molecular complexity index is 754. The first-order valence-electron chi connectivity index (χ1n) is 6.11. The van der Waals surface area contributed by atoms with Crippen molar-refractivity contribution < 1.29 is 13.3 Å². The van der Waals surface area contributed by atoms with E-state index >= 15 is 0 Å². The van der Waals surface area contributed by atoms with E-state index in [0.29, 0.717) is 6.42 Å². The number of imidazole rings is 1. The maximum Gasteiger partial charge on any atom is 0.289 e. The average molecular weight is 310 g/mol. The number of para-hydroxylation sites is 1. The first kappa shape index (κ1) is 15.1. The van der Waals surface area contributed by atoms with Gasteiger partial charge in [-0.2, -0.15) is 0 Å². The van der Waals surface area contributed by atoms with Gasteiger partial charge in [0.05, 0.1) is 4.92 Å². The van der Waals surface area contributed by atoms with Crippen LogP contribution in [0.1, 0.15) is 5.82 Å². The third kappa shape index (κ3) is 3.44. The summed E-state index contributed by atoms with van der Waals surface area (Å²) < 4.78 is 28.4. The number of hydrogen-bond acceptors (Lipinski definition) is 5. The van der Waals surface area contributed by atoms with Gasteiger partial charge < -0.3 is 4.57 Å². The van der Waals surface area contributed by atoms with Crippen LogP contribution in [0.15, 0.2) is 41.6 Å². The van der Waals surface area contributed by atoms with Crippen LogP contribution >= 0.6 is 0 Å². The van der Waals surface area contributed by atoms with Crippen molar-refractivity contribution in [3.63, 3.8) is 0 Å². The summed E-state index contributed by atoms with van der Waals surface area (Å²) in [5, 5.41) is 10.9. The van der Waals surface area contributed by atoms with Crippen LogP contribution < -0.4 is 4.72 Å². The highest BCUT2D eigenvalue weighted by atomic mass is 32.2. The first-order chi connectivity index (χ1) is 9.92. The number of nitrogens with zero attached hydrogens (tertiary/aromatic N) is 3. The van der Waals surface area contributed by atoms with Crippen LogP contribution in [-0.2, 0) is 23.5 Å². The number of aryl methyl sites for hydroxylation is 1. The molecule has 0 aliphatic heterocycles. The smallest absolute Gasteiger partial charge is 0.289 e. The Morgan fingerprint density at radius 1 is 1.38 bits per heavy atom. The van der Waals surface area contributed by atoms with Crippen LogP contribution in [-0.4, -0.2) is 29.4 Å². The fourth-order valence-electron chi connectivity index (χ4n) is 1.85. The Morgan fingerprint density at radius 2 is 2.10 bits per heavy atom. The molecule has 8 nitrogen and oxygen atoms in total. The van der Waals surface area contributed by atoms with Gasteiger partial charge in [0, 0.05) is 38.5 Å². The quantitative estimate of drug-likeness (QED) is 0.628. The normalized spacial score (nSPS) is 11.5. The molecule has 0 saturated heterocycles. The highest BCUT2D eigenvalue weighted by molar-refractivity contribution is 7.89. The molecule has 2 aromatic rings. The summed E-state index contributed by atoms with van der Waals surface area (Å²) in [6, 6.07) is 5.24. The van der Waals surface area contributed by atoms with Crippen molar-refractivity contribution in [1.82, 2.24) is 14.3 Å². The predicted molar refractivity (Wildman–Crippen MR) is 75.2 cm³/mol. The van der Waals surface area contributed by atoms with E-state index in [9.17, 15) is 18.5 Å². The van der Waals surface area contributed by atoms with Crippen LogP contribution in [0.2, 0.25) is 0 Å². The largest absolute Gasteiger partial charge is 0.338 e. The standard InChI is InChI=1S/C12H14N4O4S/c1-15-9-8-13-12(15)6-7-14-21(19,20)11-5-3-2-4-10(11)16(17)18/h2-5,8-9,14H,6-7H2,1H3. The maximum atomic E-state index is 12.1. The molecule has 21 heavy (non-hydrogen) atoms. The number of aromatic nitrogens is 2. The molecule has 2 rings (SSSR count). The van der Waals surface area contributed by atoms with Crippen molar-refractivity contribution in [2.75, 3.05) is 6.54 Å². The lowest BCUT2D eigenvalue weighted by molar-refractivity contribution is -0.387. The minimum absolute atomic E-state index is 0.110. The van der Waals surface area contributed by atoms with Crippen LogP contribution in [0.25, 0.3) is 0 Å². The number of nitrogens with one attached hydrogen (secondary N) is 1. The molecule has 9 heteroatoms. The molecule has 1 aromatic carbocycles. The monoisotopic (exact) mass is 310 g/mol. The second kappa shape index (κ2) is 6.02. The summed E-state index contributed by atoms with van der Waals surface area (Å²) in [5.74, 6) is 0.722. The number of rotatable bonds is 6. The Kier molecular flexibility index (Phi) is 4.34. The molecular weight excluding hydrogens is 296 g/mol. The van der Waals surface area contributed by atoms with Crippen molar-refractivity contribution >= 4 is 15.7 Å². The third-order valence-corrected chi connectivity index (χ3v) is 4.42. The van der Waals surface area contributed by atoms with Gasteiger partial charge in [-0.1, -0.05) is 12.1 Å². The van der Waals surface area contributed by atoms with Gasteiger partial charge >= 0.3 is 0 Å². The van der Waals surface area contributed by atoms with Crippen LogP contribution in [0, 0.1) is 10.1 Å². The molecule has 1 N–H and O–H groups in total. The van der Waals surface area contributed by atoms with Crippen LogP contribution in [0.4, 0.5) is 5.69 Å². The zero-order chi connectivity index (χ0) is 15.5. The highest BCUT2D eigenvalue weighted by Gasteiger charge is 2.24. The van der Waals surface area contributed by atoms with Crippen molar-refractivity contribution in [2.45, 2.75) is 11.3 Å². The Hall–Kier alpha value is -2.26. The van der Waals surface area contributed by atoms with E-state index in [4.69, 9.17) is 0 Å². The molecule has 112 valence electrons. The molecule has 0 aliphatic carbocycles. The molecule has 0 bridgehead atoms. The average Bonchev–Trinajstić information content (AvgIpc) is 2.84. The highest BCUT2D eigenvalue weighted by Crippen LogP contribution is 2.22. The Morgan fingerprint density at radius 3 is 2.71 bits per heavy atom. The lowest BCUT2D eigenvalue weighted by atomic mass is 10.3. The van der Waals surface area contributed by atoms with Gasteiger partial charge in [0.25, 0.3) is 5.69 Å². The van der Waals surface area contributed by atoms with Crippen molar-refractivity contribution in [3.05, 3.63) is 52.6 Å². The summed E-state index contributed by atoms with van der Waals surface area (Å²) in [4.78, 5) is 13.9. The number of benzene rings is 1. The third-order valence-electron chi connectivity index (χ3n) is 2.91. The molecule has 0 atom stereocenters. The van der Waals surface area contributed by atoms with Crippen LogP contribution in [0.3, 0.4) is 0 Å². The van der Waals surface area contributed by atoms with Gasteiger partial charge in [-0.3, -0.25) is 10.1 Å². The molecule has 1 aromatic heterocycles. The van der Waals surface area contributed by atoms with Gasteiger partial charge in [-0.25, -0.2) is 18.1 Å². The van der Waals surface area contributed by atoms with E-state index in [-0.39, 0.29) is 11.4 Å². The molecule has 0 aliphatic rings. The maximum absolute atomic E-state index is 12.1. The van der Waals surface area contributed by atoms with Gasteiger partial charge in [0.1, 0.15) is 5.82 Å². The Balaban J connectivity index is 2.12. The van der Waals surface area contributed by atoms with Gasteiger partial charge in [-0.05, 0) is 6.07 Å². The zero-order valence-electron chi connectivity index (χ0n) is 11.3. The summed E-state index contributed by atoms with van der Waals surface area (Å²) in [5.41, 5.74) is -0.443. The fraction of sp³-hybridized carbons (Fsp3) is 0.250. The summed E-state index contributed by atoms with van der Waals surface area (Å²) >= 11 is 0. The zero-order valence-corrected chi connectivity index (χ0v) is 12.1. The summed E-state index contributed by atoms with van der Waals surface area (Å²) in [6.07, 6.45) is 3.76. The second-order valence-electron chi connectivity index (χ2n) is 4.33. The van der Waals surface area contributed by atoms with E-state index in [1.54, 1.807) is 24.0 Å². The summed E-state index contributed by atoms with van der Waals surface area (Å²) in [7, 11) is -2.13. The fourth-order valence-corrected chi connectivity index (χ4v) is 3.05. The van der Waals surface area contributed by atoms with Gasteiger partial charge in [-0.15, -0.1) is 0 Å². The van der Waals surface area contributed by atoms with E-state index < -0.39 is 20.6 Å². The lowest BCUT2D eigenvalue weighted by Crippen LogP contribution is -2.27. The van der Waals surface area contributed by atoms with Crippen molar-refractivity contribution in [1.29, 1.82) is 0 Å². The van der Waals surface area contributed by atoms with E-state index in [1.807, 2.05) is 0 Å². The molecule has 0 saturated carbocycles. The molecule has 0 amide bonds. The number of nitro groups is 1. The van der Waals surface area contributed by atoms with Gasteiger partial charge in [0.2, 0.25) is 10.0 Å². The Labute approximate surface area is 121 Å². The minimum Gasteiger partial charge on any atom is -0.338 e. The van der Waals surface area contributed by atoms with Crippen molar-refractivity contribution in [3.8, 4) is 0 Å². The van der Waals surface area contributed by atoms with Gasteiger partial charge in [0.15, 0.2) is 4.90 Å². The molecule has 0 radical (unpaired) electrons. The number of nitro benzene ring substituents is 1. The van der Waals surface area contributed by atoms with E-state index in [0.717, 1.165) is 11.9 Å². The van der Waals surface area contributed by atoms with E-state index in [2.05, 4.69) is 9.71 Å². The lowest BCUT2D eigenvalue weighted by Gasteiger charge is -2.07. The number of hydrogen-bond donors (Lipinski definition) is 1. The second-order valence-corrected chi connectivity index (χ2v) is 6.06. The molecule has 1 heterocycles. The van der Waals surface area contributed by atoms with Crippen LogP contribution in [0.5, 0.6) is 0 Å². The van der Waals surface area contributed by atoms with Crippen molar-refractivity contribution in [2.24, 2.45) is 7.05 Å². The number of sulfonamides is 1.